The van der Waals surface area contributed by atoms with Gasteiger partial charge in [0.1, 0.15) is 5.75 Å². The van der Waals surface area contributed by atoms with Crippen LogP contribution in [0.2, 0.25) is 0 Å². The van der Waals surface area contributed by atoms with Crippen LogP contribution in [0.5, 0.6) is 11.6 Å². The first kappa shape index (κ1) is 27.1. The van der Waals surface area contributed by atoms with Gasteiger partial charge in [0.15, 0.2) is 5.69 Å². The number of benzene rings is 1. The first-order valence-electron chi connectivity index (χ1n) is 12.0. The summed E-state index contributed by atoms with van der Waals surface area (Å²) in [6.07, 6.45) is 1.49. The molecule has 1 aromatic carbocycles. The highest BCUT2D eigenvalue weighted by Gasteiger charge is 2.38. The third-order valence-corrected chi connectivity index (χ3v) is 5.71. The number of carbonyl (C=O) groups excluding carboxylic acids is 1. The minimum Gasteiger partial charge on any atom is -0.436 e. The number of nitrogens with one attached hydrogen (secondary N) is 1. The number of ether oxygens (including phenoxy) is 2. The smallest absolute Gasteiger partial charge is 0.435 e. The number of aryl methyl sites for hydroxylation is 2. The Labute approximate surface area is 216 Å². The number of fused-ring (bicyclic) bond motifs is 1. The van der Waals surface area contributed by atoms with E-state index in [1.54, 1.807) is 25.1 Å². The van der Waals surface area contributed by atoms with E-state index in [0.29, 0.717) is 24.3 Å². The molecule has 202 valence electrons. The van der Waals surface area contributed by atoms with Gasteiger partial charge in [-0.3, -0.25) is 13.9 Å². The van der Waals surface area contributed by atoms with Crippen LogP contribution in [0.4, 0.5) is 13.2 Å². The van der Waals surface area contributed by atoms with E-state index in [2.05, 4.69) is 20.4 Å². The first-order valence-corrected chi connectivity index (χ1v) is 12.0. The van der Waals surface area contributed by atoms with Crippen LogP contribution >= 0.6 is 0 Å². The van der Waals surface area contributed by atoms with Crippen molar-refractivity contribution in [2.24, 2.45) is 0 Å². The number of aliphatic hydroxyl groups is 1. The standard InChI is InChI=1S/C25H27F3N6O4/c1-3-16-13-17(5-6-18(16)23(36)29-8-11-37-12-10-35)38-24-22-31-14-20(34(22)9-7-30-24)19-15-33(4-2)32-21(19)25(26,27)28/h5-7,9,13-15,35H,3-4,8,10-12H2,1-2H3,(H,29,36). The third-order valence-electron chi connectivity index (χ3n) is 5.71. The molecule has 0 aliphatic carbocycles. The fraction of sp³-hybridized carbons (Fsp3) is 0.360. The second kappa shape index (κ2) is 11.6. The summed E-state index contributed by atoms with van der Waals surface area (Å²) in [7, 11) is 0. The van der Waals surface area contributed by atoms with E-state index in [9.17, 15) is 18.0 Å². The van der Waals surface area contributed by atoms with E-state index in [0.717, 1.165) is 5.56 Å². The van der Waals surface area contributed by atoms with E-state index in [1.165, 1.54) is 33.9 Å². The molecule has 0 unspecified atom stereocenters. The molecule has 1 amide bonds. The van der Waals surface area contributed by atoms with Crippen molar-refractivity contribution in [2.75, 3.05) is 26.4 Å². The number of alkyl halides is 3. The molecule has 0 spiro atoms. The lowest BCUT2D eigenvalue weighted by atomic mass is 10.0. The van der Waals surface area contributed by atoms with Gasteiger partial charge in [-0.15, -0.1) is 0 Å². The van der Waals surface area contributed by atoms with Gasteiger partial charge in [0.2, 0.25) is 5.65 Å². The van der Waals surface area contributed by atoms with Crippen molar-refractivity contribution in [1.82, 2.24) is 29.5 Å². The highest BCUT2D eigenvalue weighted by molar-refractivity contribution is 5.95. The zero-order valence-electron chi connectivity index (χ0n) is 20.8. The highest BCUT2D eigenvalue weighted by Crippen LogP contribution is 2.37. The second-order valence-electron chi connectivity index (χ2n) is 8.18. The molecule has 4 rings (SSSR count). The van der Waals surface area contributed by atoms with E-state index >= 15 is 0 Å². The Kier molecular flexibility index (Phi) is 8.27. The Morgan fingerprint density at radius 3 is 2.71 bits per heavy atom. The molecule has 0 fully saturated rings. The molecule has 4 aromatic rings. The molecule has 3 aromatic heterocycles. The maximum atomic E-state index is 13.6. The van der Waals surface area contributed by atoms with Gasteiger partial charge >= 0.3 is 6.18 Å². The van der Waals surface area contributed by atoms with Crippen molar-refractivity contribution in [3.05, 3.63) is 59.8 Å². The lowest BCUT2D eigenvalue weighted by Crippen LogP contribution is -2.28. The Morgan fingerprint density at radius 1 is 1.18 bits per heavy atom. The summed E-state index contributed by atoms with van der Waals surface area (Å²) in [4.78, 5) is 21.1. The minimum absolute atomic E-state index is 0.0871. The molecule has 0 bridgehead atoms. The molecule has 0 atom stereocenters. The van der Waals surface area contributed by atoms with Gasteiger partial charge in [-0.25, -0.2) is 9.97 Å². The number of hydrogen-bond donors (Lipinski definition) is 2. The Bertz CT molecular complexity index is 1420. The minimum atomic E-state index is -4.64. The summed E-state index contributed by atoms with van der Waals surface area (Å²) in [5.41, 5.74) is 0.528. The van der Waals surface area contributed by atoms with Gasteiger partial charge in [0, 0.05) is 37.2 Å². The number of hydrogen-bond acceptors (Lipinski definition) is 7. The molecule has 3 heterocycles. The Hall–Kier alpha value is -3.97. The Morgan fingerprint density at radius 2 is 2.00 bits per heavy atom. The van der Waals surface area contributed by atoms with E-state index < -0.39 is 11.9 Å². The van der Waals surface area contributed by atoms with Crippen molar-refractivity contribution >= 4 is 11.6 Å². The van der Waals surface area contributed by atoms with Crippen LogP contribution in [0, 0.1) is 0 Å². The normalized spacial score (nSPS) is 11.7. The van der Waals surface area contributed by atoms with Crippen LogP contribution in [-0.4, -0.2) is 61.5 Å². The van der Waals surface area contributed by atoms with Gasteiger partial charge in [-0.05, 0) is 37.1 Å². The van der Waals surface area contributed by atoms with E-state index in [-0.39, 0.29) is 55.1 Å². The number of aliphatic hydroxyl groups excluding tert-OH is 1. The van der Waals surface area contributed by atoms with E-state index in [1.807, 2.05) is 6.92 Å². The van der Waals surface area contributed by atoms with Gasteiger partial charge in [-0.1, -0.05) is 6.92 Å². The zero-order valence-corrected chi connectivity index (χ0v) is 20.8. The number of amides is 1. The molecule has 13 heteroatoms. The molecule has 0 saturated carbocycles. The molecule has 0 radical (unpaired) electrons. The van der Waals surface area contributed by atoms with Crippen molar-refractivity contribution in [3.63, 3.8) is 0 Å². The van der Waals surface area contributed by atoms with Gasteiger partial charge in [-0.2, -0.15) is 18.3 Å². The summed E-state index contributed by atoms with van der Waals surface area (Å²) in [5.74, 6) is 0.215. The number of aromatic nitrogens is 5. The topological polar surface area (TPSA) is 116 Å². The number of halogens is 3. The quantitative estimate of drug-likeness (QED) is 0.283. The van der Waals surface area contributed by atoms with Crippen LogP contribution in [-0.2, 0) is 23.9 Å². The Balaban J connectivity index is 1.59. The number of imidazole rings is 1. The molecule has 0 saturated heterocycles. The molecule has 0 aliphatic heterocycles. The van der Waals surface area contributed by atoms with E-state index in [4.69, 9.17) is 14.6 Å². The summed E-state index contributed by atoms with van der Waals surface area (Å²) in [5, 5.41) is 15.2. The number of carbonyl (C=O) groups is 1. The van der Waals surface area contributed by atoms with Crippen molar-refractivity contribution in [3.8, 4) is 22.9 Å². The van der Waals surface area contributed by atoms with Gasteiger partial charge in [0.05, 0.1) is 37.3 Å². The average molecular weight is 533 g/mol. The lowest BCUT2D eigenvalue weighted by Gasteiger charge is -2.12. The summed E-state index contributed by atoms with van der Waals surface area (Å²) < 4.78 is 54.7. The summed E-state index contributed by atoms with van der Waals surface area (Å²) >= 11 is 0. The van der Waals surface area contributed by atoms with Crippen LogP contribution < -0.4 is 10.1 Å². The molecule has 38 heavy (non-hydrogen) atoms. The first-order chi connectivity index (χ1) is 18.3. The average Bonchev–Trinajstić information content (AvgIpc) is 3.53. The van der Waals surface area contributed by atoms with Crippen molar-refractivity contribution in [2.45, 2.75) is 33.0 Å². The van der Waals surface area contributed by atoms with Gasteiger partial charge in [0.25, 0.3) is 11.8 Å². The highest BCUT2D eigenvalue weighted by atomic mass is 19.4. The van der Waals surface area contributed by atoms with Crippen molar-refractivity contribution in [1.29, 1.82) is 0 Å². The summed E-state index contributed by atoms with van der Waals surface area (Å²) in [6, 6.07) is 4.95. The lowest BCUT2D eigenvalue weighted by molar-refractivity contribution is -0.141. The summed E-state index contributed by atoms with van der Waals surface area (Å²) in [6.45, 7) is 4.56. The molecular weight excluding hydrogens is 505 g/mol. The third kappa shape index (κ3) is 5.78. The fourth-order valence-electron chi connectivity index (χ4n) is 3.90. The SMILES string of the molecule is CCc1cc(Oc2nccn3c(-c4cn(CC)nc4C(F)(F)F)cnc23)ccc1C(=O)NCCOCCO. The van der Waals surface area contributed by atoms with Crippen molar-refractivity contribution < 1.29 is 32.5 Å². The molecular formula is C25H27F3N6O4. The largest absolute Gasteiger partial charge is 0.436 e. The molecule has 10 nitrogen and oxygen atoms in total. The van der Waals surface area contributed by atoms with Crippen LogP contribution in [0.15, 0.2) is 43.0 Å². The maximum absolute atomic E-state index is 13.6. The maximum Gasteiger partial charge on any atom is 0.435 e. The number of nitrogens with zero attached hydrogens (tertiary/aromatic N) is 5. The van der Waals surface area contributed by atoms with Crippen LogP contribution in [0.25, 0.3) is 16.9 Å². The number of rotatable bonds is 11. The predicted molar refractivity (Wildman–Crippen MR) is 131 cm³/mol. The van der Waals surface area contributed by atoms with Crippen LogP contribution in [0.3, 0.4) is 0 Å². The monoisotopic (exact) mass is 532 g/mol. The zero-order chi connectivity index (χ0) is 27.3. The van der Waals surface area contributed by atoms with Gasteiger partial charge < -0.3 is 19.9 Å². The molecule has 0 aliphatic rings. The fourth-order valence-corrected chi connectivity index (χ4v) is 3.90. The predicted octanol–water partition coefficient (Wildman–Crippen LogP) is 3.72. The molecule has 2 N–H and O–H groups in total. The van der Waals surface area contributed by atoms with Crippen LogP contribution in [0.1, 0.15) is 35.5 Å². The second-order valence-corrected chi connectivity index (χ2v) is 8.18.